The quantitative estimate of drug-likeness (QED) is 0.332. The predicted molar refractivity (Wildman–Crippen MR) is 88.4 cm³/mol. The average Bonchev–Trinajstić information content (AvgIpc) is 2.39. The maximum atomic E-state index is 5.62. The van der Waals surface area contributed by atoms with Crippen LogP contribution in [0.1, 0.15) is 84.5 Å². The molecule has 1 heteroatoms. The number of nitrogens with two attached hydrogens (primary N) is 1. The summed E-state index contributed by atoms with van der Waals surface area (Å²) in [6.45, 7) is 4.27. The monoisotopic (exact) mass is 265 g/mol. The van der Waals surface area contributed by atoms with E-state index in [0.717, 1.165) is 0 Å². The molecule has 1 atom stereocenters. The molecule has 0 aliphatic heterocycles. The van der Waals surface area contributed by atoms with Crippen molar-refractivity contribution in [3.8, 4) is 0 Å². The van der Waals surface area contributed by atoms with Gasteiger partial charge in [-0.05, 0) is 19.8 Å². The maximum absolute atomic E-state index is 5.62. The van der Waals surface area contributed by atoms with Crippen LogP contribution in [0.4, 0.5) is 0 Å². The van der Waals surface area contributed by atoms with Crippen LogP contribution in [0.15, 0.2) is 24.3 Å². The third-order valence-corrected chi connectivity index (χ3v) is 3.39. The zero-order valence-electron chi connectivity index (χ0n) is 13.2. The molecule has 1 unspecified atom stereocenters. The van der Waals surface area contributed by atoms with E-state index in [2.05, 4.69) is 25.2 Å². The van der Waals surface area contributed by atoms with Gasteiger partial charge in [-0.1, -0.05) is 89.0 Å². The van der Waals surface area contributed by atoms with Gasteiger partial charge >= 0.3 is 0 Å². The Labute approximate surface area is 121 Å². The van der Waals surface area contributed by atoms with Crippen molar-refractivity contribution in [3.05, 3.63) is 24.3 Å². The first kappa shape index (κ1) is 18.4. The molecule has 0 amide bonds. The highest BCUT2D eigenvalue weighted by molar-refractivity contribution is 5.04. The van der Waals surface area contributed by atoms with Crippen LogP contribution in [-0.4, -0.2) is 6.04 Å². The van der Waals surface area contributed by atoms with Crippen LogP contribution in [0.3, 0.4) is 0 Å². The van der Waals surface area contributed by atoms with Gasteiger partial charge in [-0.15, -0.1) is 0 Å². The van der Waals surface area contributed by atoms with Gasteiger partial charge in [0, 0.05) is 6.04 Å². The van der Waals surface area contributed by atoms with E-state index in [1.54, 1.807) is 0 Å². The Morgan fingerprint density at radius 2 is 1.32 bits per heavy atom. The molecular weight excluding hydrogens is 230 g/mol. The normalized spacial score (nSPS) is 13.6. The molecule has 1 nitrogen and oxygen atoms in total. The highest BCUT2D eigenvalue weighted by Gasteiger charge is 1.91. The smallest absolute Gasteiger partial charge is 0.0197 e. The first-order valence-electron chi connectivity index (χ1n) is 8.36. The molecular formula is C18H35N. The molecule has 0 radical (unpaired) electrons. The summed E-state index contributed by atoms with van der Waals surface area (Å²) in [5.41, 5.74) is 5.62. The van der Waals surface area contributed by atoms with E-state index in [1.807, 2.05) is 13.0 Å². The number of hydrogen-bond donors (Lipinski definition) is 1. The van der Waals surface area contributed by atoms with Crippen molar-refractivity contribution in [2.45, 2.75) is 90.5 Å². The van der Waals surface area contributed by atoms with E-state index in [9.17, 15) is 0 Å². The van der Waals surface area contributed by atoms with E-state index in [4.69, 9.17) is 5.73 Å². The molecule has 112 valence electrons. The molecule has 0 heterocycles. The Balaban J connectivity index is 3.10. The lowest BCUT2D eigenvalue weighted by Gasteiger charge is -2.01. The summed E-state index contributed by atoms with van der Waals surface area (Å²) in [5, 5.41) is 0. The average molecular weight is 265 g/mol. The lowest BCUT2D eigenvalue weighted by molar-refractivity contribution is 0.557. The van der Waals surface area contributed by atoms with Gasteiger partial charge in [0.25, 0.3) is 0 Å². The predicted octanol–water partition coefficient (Wildman–Crippen LogP) is 5.76. The van der Waals surface area contributed by atoms with Crippen LogP contribution in [0.25, 0.3) is 0 Å². The topological polar surface area (TPSA) is 26.0 Å². The van der Waals surface area contributed by atoms with E-state index >= 15 is 0 Å². The summed E-state index contributed by atoms with van der Waals surface area (Å²) in [4.78, 5) is 0. The Kier molecular flexibility index (Phi) is 15.0. The second-order valence-electron chi connectivity index (χ2n) is 5.64. The van der Waals surface area contributed by atoms with Gasteiger partial charge in [0.2, 0.25) is 0 Å². The van der Waals surface area contributed by atoms with Crippen molar-refractivity contribution in [3.63, 3.8) is 0 Å². The van der Waals surface area contributed by atoms with Crippen LogP contribution >= 0.6 is 0 Å². The second-order valence-corrected chi connectivity index (χ2v) is 5.64. The highest BCUT2D eigenvalue weighted by atomic mass is 14.6. The molecule has 0 saturated heterocycles. The van der Waals surface area contributed by atoms with Gasteiger partial charge in [0.05, 0.1) is 0 Å². The van der Waals surface area contributed by atoms with Crippen LogP contribution < -0.4 is 5.73 Å². The number of hydrogen-bond acceptors (Lipinski definition) is 1. The lowest BCUT2D eigenvalue weighted by atomic mass is 10.1. The molecule has 2 N–H and O–H groups in total. The summed E-state index contributed by atoms with van der Waals surface area (Å²) in [5.74, 6) is 0. The Hall–Kier alpha value is -0.560. The molecule has 0 bridgehead atoms. The molecule has 0 aliphatic rings. The molecule has 0 saturated carbocycles. The van der Waals surface area contributed by atoms with Crippen molar-refractivity contribution in [2.75, 3.05) is 0 Å². The summed E-state index contributed by atoms with van der Waals surface area (Å²) < 4.78 is 0. The van der Waals surface area contributed by atoms with Gasteiger partial charge in [0.15, 0.2) is 0 Å². The van der Waals surface area contributed by atoms with Crippen LogP contribution in [0.5, 0.6) is 0 Å². The SMILES string of the molecule is CCCCCCCCCCCC/C=C/C=C\C(C)N. The van der Waals surface area contributed by atoms with Crippen LogP contribution in [0, 0.1) is 0 Å². The van der Waals surface area contributed by atoms with Gasteiger partial charge in [-0.25, -0.2) is 0 Å². The third kappa shape index (κ3) is 17.4. The zero-order chi connectivity index (χ0) is 14.2. The number of allylic oxidation sites excluding steroid dienone is 3. The van der Waals surface area contributed by atoms with Crippen LogP contribution in [0.2, 0.25) is 0 Å². The molecule has 19 heavy (non-hydrogen) atoms. The number of unbranched alkanes of at least 4 members (excludes halogenated alkanes) is 10. The molecule has 0 rings (SSSR count). The molecule has 0 spiro atoms. The Morgan fingerprint density at radius 3 is 1.84 bits per heavy atom. The van der Waals surface area contributed by atoms with E-state index in [0.29, 0.717) is 0 Å². The Bertz CT molecular complexity index is 216. The van der Waals surface area contributed by atoms with Gasteiger partial charge in [-0.3, -0.25) is 0 Å². The van der Waals surface area contributed by atoms with Gasteiger partial charge < -0.3 is 5.73 Å². The first-order chi connectivity index (χ1) is 9.27. The minimum absolute atomic E-state index is 0.168. The summed E-state index contributed by atoms with van der Waals surface area (Å²) in [7, 11) is 0. The second kappa shape index (κ2) is 15.5. The van der Waals surface area contributed by atoms with E-state index in [1.165, 1.54) is 70.6 Å². The lowest BCUT2D eigenvalue weighted by Crippen LogP contribution is -2.09. The highest BCUT2D eigenvalue weighted by Crippen LogP contribution is 2.11. The van der Waals surface area contributed by atoms with Crippen LogP contribution in [-0.2, 0) is 0 Å². The summed E-state index contributed by atoms with van der Waals surface area (Å²) >= 11 is 0. The molecule has 0 fully saturated rings. The van der Waals surface area contributed by atoms with Crippen molar-refractivity contribution < 1.29 is 0 Å². The fourth-order valence-electron chi connectivity index (χ4n) is 2.16. The fraction of sp³-hybridized carbons (Fsp3) is 0.778. The molecule has 0 aromatic carbocycles. The van der Waals surface area contributed by atoms with Gasteiger partial charge in [0.1, 0.15) is 0 Å². The minimum Gasteiger partial charge on any atom is -0.325 e. The summed E-state index contributed by atoms with van der Waals surface area (Å²) in [6.07, 6.45) is 23.8. The fourth-order valence-corrected chi connectivity index (χ4v) is 2.16. The van der Waals surface area contributed by atoms with Crippen molar-refractivity contribution in [2.24, 2.45) is 5.73 Å². The minimum atomic E-state index is 0.168. The number of rotatable bonds is 13. The molecule has 0 aliphatic carbocycles. The van der Waals surface area contributed by atoms with E-state index in [-0.39, 0.29) is 6.04 Å². The van der Waals surface area contributed by atoms with Gasteiger partial charge in [-0.2, -0.15) is 0 Å². The van der Waals surface area contributed by atoms with Crippen molar-refractivity contribution in [1.82, 2.24) is 0 Å². The maximum Gasteiger partial charge on any atom is 0.0197 e. The largest absolute Gasteiger partial charge is 0.325 e. The summed E-state index contributed by atoms with van der Waals surface area (Å²) in [6, 6.07) is 0.168. The Morgan fingerprint density at radius 1 is 0.789 bits per heavy atom. The standard InChI is InChI=1S/C18H35N/c1-3-4-5-6-7-8-9-10-11-12-13-14-15-16-17-18(2)19/h14-18H,3-13,19H2,1-2H3/b15-14+,17-16-. The van der Waals surface area contributed by atoms with E-state index < -0.39 is 0 Å². The first-order valence-corrected chi connectivity index (χ1v) is 8.36. The molecule has 0 aromatic rings. The molecule has 0 aromatic heterocycles. The van der Waals surface area contributed by atoms with Crippen molar-refractivity contribution >= 4 is 0 Å². The van der Waals surface area contributed by atoms with Crippen molar-refractivity contribution in [1.29, 1.82) is 0 Å². The third-order valence-electron chi connectivity index (χ3n) is 3.39. The zero-order valence-corrected chi connectivity index (χ0v) is 13.2.